The van der Waals surface area contributed by atoms with Crippen molar-refractivity contribution < 1.29 is 0 Å². The summed E-state index contributed by atoms with van der Waals surface area (Å²) in [4.78, 5) is 15.0. The van der Waals surface area contributed by atoms with Crippen molar-refractivity contribution in [3.8, 4) is 78.4 Å². The molecule has 244 valence electrons. The van der Waals surface area contributed by atoms with Crippen LogP contribution >= 0.6 is 0 Å². The lowest BCUT2D eigenvalue weighted by molar-refractivity contribution is 1.23. The number of fused-ring (bicyclic) bond motifs is 1. The second-order valence-corrected chi connectivity index (χ2v) is 12.9. The molecule has 0 saturated heterocycles. The molecule has 0 radical (unpaired) electrons. The number of hydrogen-bond acceptors (Lipinski definition) is 3. The molecule has 0 unspecified atom stereocenters. The smallest absolute Gasteiger partial charge is 0.160 e. The first-order valence-corrected chi connectivity index (χ1v) is 17.5. The van der Waals surface area contributed by atoms with E-state index in [1.54, 1.807) is 0 Å². The van der Waals surface area contributed by atoms with E-state index in [-0.39, 0.29) is 0 Å². The standard InChI is InChI=1S/C49H33N3/c1-4-12-34(13-5-1)41-27-28-45-47(33-41)51-49(52-48(45)40-16-8-3-9-17-40)44-31-42(35-14-6-2-7-15-35)30-43(32-44)38-21-19-36(20-22-38)37-23-25-39(26-24-37)46-18-10-11-29-50-46/h1-33H. The predicted molar refractivity (Wildman–Crippen MR) is 215 cm³/mol. The first-order valence-electron chi connectivity index (χ1n) is 17.5. The summed E-state index contributed by atoms with van der Waals surface area (Å²) in [5.41, 5.74) is 15.1. The summed E-state index contributed by atoms with van der Waals surface area (Å²) in [5, 5.41) is 1.03. The summed E-state index contributed by atoms with van der Waals surface area (Å²) in [7, 11) is 0. The Bertz CT molecular complexity index is 2620. The van der Waals surface area contributed by atoms with Crippen LogP contribution in [0.4, 0.5) is 0 Å². The Balaban J connectivity index is 1.15. The molecule has 0 atom stereocenters. The molecule has 0 aliphatic rings. The topological polar surface area (TPSA) is 38.7 Å². The minimum absolute atomic E-state index is 0.695. The third-order valence-electron chi connectivity index (χ3n) is 9.55. The van der Waals surface area contributed by atoms with E-state index >= 15 is 0 Å². The van der Waals surface area contributed by atoms with Gasteiger partial charge in [0.25, 0.3) is 0 Å². The molecule has 0 amide bonds. The molecule has 2 aromatic heterocycles. The van der Waals surface area contributed by atoms with E-state index < -0.39 is 0 Å². The number of nitrogens with zero attached hydrogens (tertiary/aromatic N) is 3. The fraction of sp³-hybridized carbons (Fsp3) is 0. The summed E-state index contributed by atoms with van der Waals surface area (Å²) < 4.78 is 0. The van der Waals surface area contributed by atoms with E-state index in [0.29, 0.717) is 5.82 Å². The van der Waals surface area contributed by atoms with Gasteiger partial charge in [-0.1, -0.05) is 152 Å². The van der Waals surface area contributed by atoms with Crippen molar-refractivity contribution in [2.75, 3.05) is 0 Å². The van der Waals surface area contributed by atoms with Crippen LogP contribution in [0.5, 0.6) is 0 Å². The molecule has 0 spiro atoms. The molecule has 0 aliphatic carbocycles. The largest absolute Gasteiger partial charge is 0.256 e. The lowest BCUT2D eigenvalue weighted by atomic mass is 9.94. The lowest BCUT2D eigenvalue weighted by Crippen LogP contribution is -1.96. The zero-order chi connectivity index (χ0) is 34.7. The van der Waals surface area contributed by atoms with Gasteiger partial charge in [0.05, 0.1) is 16.9 Å². The fourth-order valence-electron chi connectivity index (χ4n) is 6.83. The summed E-state index contributed by atoms with van der Waals surface area (Å²) in [6.07, 6.45) is 1.83. The molecule has 0 bridgehead atoms. The molecule has 9 aromatic rings. The van der Waals surface area contributed by atoms with E-state index in [2.05, 4.69) is 169 Å². The molecule has 2 heterocycles. The SMILES string of the molecule is c1ccc(-c2cc(-c3ccc(-c4ccc(-c5ccccn5)cc4)cc3)cc(-c3nc(-c4ccccc4)c4ccc(-c5ccccc5)cc4n3)c2)cc1. The zero-order valence-corrected chi connectivity index (χ0v) is 28.4. The Labute approximate surface area is 303 Å². The first kappa shape index (κ1) is 31.0. The highest BCUT2D eigenvalue weighted by Gasteiger charge is 2.15. The Hall–Kier alpha value is -6.97. The Kier molecular flexibility index (Phi) is 8.20. The molecule has 9 rings (SSSR count). The van der Waals surface area contributed by atoms with Gasteiger partial charge in [-0.05, 0) is 87.0 Å². The van der Waals surface area contributed by atoms with Gasteiger partial charge in [-0.3, -0.25) is 4.98 Å². The maximum Gasteiger partial charge on any atom is 0.160 e. The molecular weight excluding hydrogens is 631 g/mol. The van der Waals surface area contributed by atoms with Crippen LogP contribution in [0, 0.1) is 0 Å². The first-order chi connectivity index (χ1) is 25.7. The molecule has 52 heavy (non-hydrogen) atoms. The van der Waals surface area contributed by atoms with Crippen molar-refractivity contribution in [1.82, 2.24) is 15.0 Å². The van der Waals surface area contributed by atoms with E-state index in [4.69, 9.17) is 9.97 Å². The summed E-state index contributed by atoms with van der Waals surface area (Å²) in [6.45, 7) is 0. The van der Waals surface area contributed by atoms with Gasteiger partial charge in [0.15, 0.2) is 5.82 Å². The van der Waals surface area contributed by atoms with Gasteiger partial charge >= 0.3 is 0 Å². The second kappa shape index (κ2) is 13.7. The molecule has 7 aromatic carbocycles. The van der Waals surface area contributed by atoms with Crippen LogP contribution in [0.1, 0.15) is 0 Å². The molecule has 0 N–H and O–H groups in total. The minimum atomic E-state index is 0.695. The van der Waals surface area contributed by atoms with Crippen molar-refractivity contribution in [2.24, 2.45) is 0 Å². The zero-order valence-electron chi connectivity index (χ0n) is 28.4. The van der Waals surface area contributed by atoms with E-state index in [9.17, 15) is 0 Å². The van der Waals surface area contributed by atoms with Gasteiger partial charge in [0.2, 0.25) is 0 Å². The van der Waals surface area contributed by atoms with Crippen LogP contribution in [0.15, 0.2) is 200 Å². The van der Waals surface area contributed by atoms with Gasteiger partial charge in [0.1, 0.15) is 0 Å². The van der Waals surface area contributed by atoms with Crippen molar-refractivity contribution in [2.45, 2.75) is 0 Å². The van der Waals surface area contributed by atoms with Crippen molar-refractivity contribution in [3.05, 3.63) is 200 Å². The second-order valence-electron chi connectivity index (χ2n) is 12.9. The van der Waals surface area contributed by atoms with Crippen LogP contribution in [0.25, 0.3) is 89.3 Å². The maximum atomic E-state index is 5.28. The van der Waals surface area contributed by atoms with E-state index in [0.717, 1.165) is 83.5 Å². The summed E-state index contributed by atoms with van der Waals surface area (Å²) in [5.74, 6) is 0.695. The highest BCUT2D eigenvalue weighted by Crippen LogP contribution is 2.36. The summed E-state index contributed by atoms with van der Waals surface area (Å²) >= 11 is 0. The van der Waals surface area contributed by atoms with Gasteiger partial charge < -0.3 is 0 Å². The van der Waals surface area contributed by atoms with Crippen LogP contribution < -0.4 is 0 Å². The number of pyridine rings is 1. The maximum absolute atomic E-state index is 5.28. The average Bonchev–Trinajstić information content (AvgIpc) is 3.24. The monoisotopic (exact) mass is 663 g/mol. The molecule has 3 heteroatoms. The summed E-state index contributed by atoms with van der Waals surface area (Å²) in [6, 6.07) is 68.0. The molecule has 3 nitrogen and oxygen atoms in total. The van der Waals surface area contributed by atoms with E-state index in [1.165, 1.54) is 0 Å². The Morgan fingerprint density at radius 3 is 1.33 bits per heavy atom. The van der Waals surface area contributed by atoms with Crippen molar-refractivity contribution >= 4 is 10.9 Å². The predicted octanol–water partition coefficient (Wildman–Crippen LogP) is 12.7. The van der Waals surface area contributed by atoms with Gasteiger partial charge in [-0.15, -0.1) is 0 Å². The normalized spacial score (nSPS) is 11.1. The number of aromatic nitrogens is 3. The van der Waals surface area contributed by atoms with Crippen LogP contribution in [0.3, 0.4) is 0 Å². The van der Waals surface area contributed by atoms with Crippen LogP contribution in [-0.2, 0) is 0 Å². The molecule has 0 saturated carbocycles. The number of hydrogen-bond donors (Lipinski definition) is 0. The van der Waals surface area contributed by atoms with Crippen LogP contribution in [0.2, 0.25) is 0 Å². The van der Waals surface area contributed by atoms with E-state index in [1.807, 2.05) is 36.5 Å². The average molecular weight is 664 g/mol. The number of rotatable bonds is 7. The minimum Gasteiger partial charge on any atom is -0.256 e. The van der Waals surface area contributed by atoms with Crippen molar-refractivity contribution in [3.63, 3.8) is 0 Å². The van der Waals surface area contributed by atoms with Crippen molar-refractivity contribution in [1.29, 1.82) is 0 Å². The molecule has 0 fully saturated rings. The Morgan fingerprint density at radius 2 is 0.750 bits per heavy atom. The molecular formula is C49H33N3. The van der Waals surface area contributed by atoms with Gasteiger partial charge in [-0.25, -0.2) is 9.97 Å². The third-order valence-corrected chi connectivity index (χ3v) is 9.55. The lowest BCUT2D eigenvalue weighted by Gasteiger charge is -2.14. The third kappa shape index (κ3) is 6.28. The highest BCUT2D eigenvalue weighted by molar-refractivity contribution is 5.96. The van der Waals surface area contributed by atoms with Gasteiger partial charge in [0, 0.05) is 28.3 Å². The van der Waals surface area contributed by atoms with Gasteiger partial charge in [-0.2, -0.15) is 0 Å². The van der Waals surface area contributed by atoms with Crippen LogP contribution in [-0.4, -0.2) is 15.0 Å². The fourth-order valence-corrected chi connectivity index (χ4v) is 6.83. The Morgan fingerprint density at radius 1 is 0.288 bits per heavy atom. The molecule has 0 aliphatic heterocycles. The quantitative estimate of drug-likeness (QED) is 0.170. The highest BCUT2D eigenvalue weighted by atomic mass is 14.9. The number of benzene rings is 7.